The van der Waals surface area contributed by atoms with E-state index in [-0.39, 0.29) is 4.90 Å². The van der Waals surface area contributed by atoms with Gasteiger partial charge in [-0.25, -0.2) is 13.1 Å². The summed E-state index contributed by atoms with van der Waals surface area (Å²) in [6.45, 7) is 1.81. The standard InChI is InChI=1S/C12H17N3O4S/c1-12(6-3-7-12)14-20(18,19)11-8-9(13-2)4-5-10(11)15(16)17/h4-5,8,13-14H,3,6-7H2,1-2H3. The van der Waals surface area contributed by atoms with Crippen LogP contribution in [0.5, 0.6) is 0 Å². The van der Waals surface area contributed by atoms with Crippen molar-refractivity contribution in [3.8, 4) is 0 Å². The van der Waals surface area contributed by atoms with Gasteiger partial charge in [0.05, 0.1) is 4.92 Å². The number of sulfonamides is 1. The first-order valence-corrected chi connectivity index (χ1v) is 7.76. The SMILES string of the molecule is CNc1ccc([N+](=O)[O-])c(S(=O)(=O)NC2(C)CCC2)c1. The van der Waals surface area contributed by atoms with Crippen molar-refractivity contribution in [3.05, 3.63) is 28.3 Å². The summed E-state index contributed by atoms with van der Waals surface area (Å²) in [5, 5.41) is 13.8. The molecule has 1 fully saturated rings. The summed E-state index contributed by atoms with van der Waals surface area (Å²) >= 11 is 0. The number of hydrogen-bond acceptors (Lipinski definition) is 5. The van der Waals surface area contributed by atoms with Gasteiger partial charge in [0.2, 0.25) is 10.0 Å². The predicted octanol–water partition coefficient (Wildman–Crippen LogP) is 1.86. The molecule has 7 nitrogen and oxygen atoms in total. The maximum Gasteiger partial charge on any atom is 0.289 e. The Balaban J connectivity index is 2.45. The van der Waals surface area contributed by atoms with Gasteiger partial charge in [-0.05, 0) is 38.3 Å². The van der Waals surface area contributed by atoms with E-state index in [1.807, 2.05) is 6.92 Å². The topological polar surface area (TPSA) is 101 Å². The van der Waals surface area contributed by atoms with Crippen LogP contribution in [0.25, 0.3) is 0 Å². The van der Waals surface area contributed by atoms with Gasteiger partial charge < -0.3 is 5.32 Å². The van der Waals surface area contributed by atoms with E-state index in [1.54, 1.807) is 7.05 Å². The van der Waals surface area contributed by atoms with Gasteiger partial charge in [-0.2, -0.15) is 0 Å². The Morgan fingerprint density at radius 1 is 1.35 bits per heavy atom. The molecule has 0 atom stereocenters. The summed E-state index contributed by atoms with van der Waals surface area (Å²) in [7, 11) is -2.30. The van der Waals surface area contributed by atoms with Crippen LogP contribution in [0.15, 0.2) is 23.1 Å². The van der Waals surface area contributed by atoms with Crippen LogP contribution in [0.3, 0.4) is 0 Å². The zero-order valence-electron chi connectivity index (χ0n) is 11.3. The van der Waals surface area contributed by atoms with Crippen molar-refractivity contribution in [2.75, 3.05) is 12.4 Å². The van der Waals surface area contributed by atoms with Crippen molar-refractivity contribution >= 4 is 21.4 Å². The summed E-state index contributed by atoms with van der Waals surface area (Å²) in [5.41, 5.74) is -0.406. The minimum atomic E-state index is -3.92. The molecule has 0 amide bonds. The van der Waals surface area contributed by atoms with E-state index in [0.717, 1.165) is 19.3 Å². The Morgan fingerprint density at radius 3 is 2.45 bits per heavy atom. The van der Waals surface area contributed by atoms with E-state index >= 15 is 0 Å². The minimum Gasteiger partial charge on any atom is -0.388 e. The lowest BCUT2D eigenvalue weighted by Crippen LogP contribution is -2.50. The van der Waals surface area contributed by atoms with E-state index in [2.05, 4.69) is 10.0 Å². The monoisotopic (exact) mass is 299 g/mol. The lowest BCUT2D eigenvalue weighted by Gasteiger charge is -2.38. The van der Waals surface area contributed by atoms with E-state index in [4.69, 9.17) is 0 Å². The van der Waals surface area contributed by atoms with Crippen molar-refractivity contribution in [1.82, 2.24) is 4.72 Å². The highest BCUT2D eigenvalue weighted by atomic mass is 32.2. The number of nitro groups is 1. The number of benzene rings is 1. The lowest BCUT2D eigenvalue weighted by atomic mass is 9.80. The van der Waals surface area contributed by atoms with Crippen molar-refractivity contribution < 1.29 is 13.3 Å². The number of rotatable bonds is 5. The Morgan fingerprint density at radius 2 is 2.00 bits per heavy atom. The van der Waals surface area contributed by atoms with Gasteiger partial charge in [-0.3, -0.25) is 10.1 Å². The molecule has 0 aromatic heterocycles. The average Bonchev–Trinajstić information content (AvgIpc) is 2.35. The molecule has 1 aromatic rings. The normalized spacial score (nSPS) is 17.3. The molecule has 1 aliphatic carbocycles. The third kappa shape index (κ3) is 2.75. The van der Waals surface area contributed by atoms with Crippen LogP contribution >= 0.6 is 0 Å². The van der Waals surface area contributed by atoms with E-state index < -0.39 is 26.2 Å². The molecule has 1 saturated carbocycles. The zero-order valence-corrected chi connectivity index (χ0v) is 12.2. The van der Waals surface area contributed by atoms with E-state index in [0.29, 0.717) is 5.69 Å². The molecule has 0 bridgehead atoms. The van der Waals surface area contributed by atoms with Crippen molar-refractivity contribution in [3.63, 3.8) is 0 Å². The van der Waals surface area contributed by atoms with Crippen LogP contribution in [0.4, 0.5) is 11.4 Å². The van der Waals surface area contributed by atoms with E-state index in [1.165, 1.54) is 18.2 Å². The fraction of sp³-hybridized carbons (Fsp3) is 0.500. The van der Waals surface area contributed by atoms with Gasteiger partial charge in [-0.15, -0.1) is 0 Å². The molecule has 1 aliphatic rings. The first-order valence-electron chi connectivity index (χ1n) is 6.28. The molecular weight excluding hydrogens is 282 g/mol. The summed E-state index contributed by atoms with van der Waals surface area (Å²) in [4.78, 5) is 10.0. The average molecular weight is 299 g/mol. The van der Waals surface area contributed by atoms with Crippen LogP contribution in [-0.2, 0) is 10.0 Å². The smallest absolute Gasteiger partial charge is 0.289 e. The highest BCUT2D eigenvalue weighted by Gasteiger charge is 2.38. The fourth-order valence-corrected chi connectivity index (χ4v) is 3.89. The van der Waals surface area contributed by atoms with Crippen LogP contribution in [0.2, 0.25) is 0 Å². The Labute approximate surface area is 117 Å². The van der Waals surface area contributed by atoms with Gasteiger partial charge >= 0.3 is 0 Å². The van der Waals surface area contributed by atoms with Crippen molar-refractivity contribution in [2.24, 2.45) is 0 Å². The number of nitrogens with zero attached hydrogens (tertiary/aromatic N) is 1. The number of hydrogen-bond donors (Lipinski definition) is 2. The predicted molar refractivity (Wildman–Crippen MR) is 75.2 cm³/mol. The Hall–Kier alpha value is -1.67. The summed E-state index contributed by atoms with van der Waals surface area (Å²) in [6, 6.07) is 3.95. The second-order valence-electron chi connectivity index (χ2n) is 5.21. The first-order chi connectivity index (χ1) is 9.27. The van der Waals surface area contributed by atoms with Gasteiger partial charge in [0.15, 0.2) is 4.90 Å². The largest absolute Gasteiger partial charge is 0.388 e. The molecule has 1 aromatic carbocycles. The summed E-state index contributed by atoms with van der Waals surface area (Å²) < 4.78 is 27.4. The molecule has 2 N–H and O–H groups in total. The van der Waals surface area contributed by atoms with Crippen molar-refractivity contribution in [1.29, 1.82) is 0 Å². The molecule has 0 spiro atoms. The molecule has 0 heterocycles. The minimum absolute atomic E-state index is 0.303. The van der Waals surface area contributed by atoms with Crippen LogP contribution in [0, 0.1) is 10.1 Å². The Kier molecular flexibility index (Phi) is 3.70. The first kappa shape index (κ1) is 14.7. The maximum atomic E-state index is 12.4. The number of nitrogens with one attached hydrogen (secondary N) is 2. The van der Waals surface area contributed by atoms with Gasteiger partial charge in [0, 0.05) is 24.3 Å². The second-order valence-corrected chi connectivity index (χ2v) is 6.86. The number of nitro benzene ring substituents is 1. The van der Waals surface area contributed by atoms with Crippen LogP contribution in [0.1, 0.15) is 26.2 Å². The summed E-state index contributed by atoms with van der Waals surface area (Å²) in [5.74, 6) is 0. The molecule has 0 unspecified atom stereocenters. The van der Waals surface area contributed by atoms with Gasteiger partial charge in [-0.1, -0.05) is 0 Å². The lowest BCUT2D eigenvalue weighted by molar-refractivity contribution is -0.387. The maximum absolute atomic E-state index is 12.4. The Bertz CT molecular complexity index is 638. The fourth-order valence-electron chi connectivity index (χ4n) is 2.22. The van der Waals surface area contributed by atoms with Crippen LogP contribution < -0.4 is 10.0 Å². The molecule has 8 heteroatoms. The van der Waals surface area contributed by atoms with E-state index in [9.17, 15) is 18.5 Å². The van der Waals surface area contributed by atoms with Crippen molar-refractivity contribution in [2.45, 2.75) is 36.6 Å². The molecule has 20 heavy (non-hydrogen) atoms. The molecular formula is C12H17N3O4S. The quantitative estimate of drug-likeness (QED) is 0.638. The molecule has 2 rings (SSSR count). The van der Waals surface area contributed by atoms with Gasteiger partial charge in [0.1, 0.15) is 0 Å². The zero-order chi connectivity index (χ0) is 15.0. The third-order valence-electron chi connectivity index (χ3n) is 3.57. The second kappa shape index (κ2) is 5.02. The van der Waals surface area contributed by atoms with Gasteiger partial charge in [0.25, 0.3) is 5.69 Å². The summed E-state index contributed by atoms with van der Waals surface area (Å²) in [6.07, 6.45) is 2.44. The van der Waals surface area contributed by atoms with Crippen LogP contribution in [-0.4, -0.2) is 25.9 Å². The highest BCUT2D eigenvalue weighted by Crippen LogP contribution is 2.34. The molecule has 0 radical (unpaired) electrons. The highest BCUT2D eigenvalue weighted by molar-refractivity contribution is 7.89. The number of anilines is 1. The molecule has 0 saturated heterocycles. The third-order valence-corrected chi connectivity index (χ3v) is 5.24. The molecule has 0 aliphatic heterocycles. The molecule has 110 valence electrons.